The number of benzene rings is 1. The quantitative estimate of drug-likeness (QED) is 0.650. The Morgan fingerprint density at radius 2 is 1.92 bits per heavy atom. The molecule has 0 aliphatic carbocycles. The predicted molar refractivity (Wildman–Crippen MR) is 93.1 cm³/mol. The largest absolute Gasteiger partial charge is 0.435 e. The topological polar surface area (TPSA) is 70.6 Å². The molecule has 0 aromatic heterocycles. The van der Waals surface area contributed by atoms with Gasteiger partial charge in [0.25, 0.3) is 0 Å². The molecule has 1 unspecified atom stereocenters. The number of piperidine rings is 1. The van der Waals surface area contributed by atoms with Crippen LogP contribution in [0.4, 0.5) is 8.78 Å². The second-order valence-electron chi connectivity index (χ2n) is 6.00. The third kappa shape index (κ3) is 7.98. The van der Waals surface area contributed by atoms with E-state index in [9.17, 15) is 18.7 Å². The van der Waals surface area contributed by atoms with Gasteiger partial charge in [0.15, 0.2) is 0 Å². The number of nitrogens with one attached hydrogen (secondary N) is 2. The van der Waals surface area contributed by atoms with E-state index in [1.807, 2.05) is 0 Å². The van der Waals surface area contributed by atoms with Gasteiger partial charge in [0.05, 0.1) is 6.10 Å². The van der Waals surface area contributed by atoms with Crippen molar-refractivity contribution in [2.24, 2.45) is 5.92 Å². The number of halogens is 3. The first kappa shape index (κ1) is 21.6. The molecule has 1 aromatic rings. The monoisotopic (exact) mass is 378 g/mol. The van der Waals surface area contributed by atoms with Crippen molar-refractivity contribution in [3.05, 3.63) is 29.8 Å². The van der Waals surface area contributed by atoms with Crippen LogP contribution < -0.4 is 15.4 Å². The van der Waals surface area contributed by atoms with E-state index in [4.69, 9.17) is 0 Å². The molecule has 1 aromatic carbocycles. The van der Waals surface area contributed by atoms with Gasteiger partial charge in [-0.15, -0.1) is 12.4 Å². The second-order valence-corrected chi connectivity index (χ2v) is 6.00. The van der Waals surface area contributed by atoms with Crippen molar-refractivity contribution in [2.75, 3.05) is 19.6 Å². The number of alkyl halides is 2. The first-order chi connectivity index (χ1) is 11.5. The lowest BCUT2D eigenvalue weighted by molar-refractivity contribution is -0.121. The summed E-state index contributed by atoms with van der Waals surface area (Å²) in [7, 11) is 0. The van der Waals surface area contributed by atoms with Gasteiger partial charge >= 0.3 is 6.61 Å². The number of amides is 1. The molecule has 0 bridgehead atoms. The average Bonchev–Trinajstić information content (AvgIpc) is 2.59. The van der Waals surface area contributed by atoms with Gasteiger partial charge in [-0.25, -0.2) is 0 Å². The third-order valence-electron chi connectivity index (χ3n) is 4.22. The normalized spacial score (nSPS) is 16.2. The molecule has 1 atom stereocenters. The molecule has 8 heteroatoms. The molecule has 3 N–H and O–H groups in total. The summed E-state index contributed by atoms with van der Waals surface area (Å²) in [6.07, 6.45) is 2.64. The fourth-order valence-electron chi connectivity index (χ4n) is 2.79. The number of hydrogen-bond donors (Lipinski definition) is 3. The highest BCUT2D eigenvalue weighted by Crippen LogP contribution is 2.20. The van der Waals surface area contributed by atoms with Crippen LogP contribution in [0.1, 0.15) is 37.4 Å². The lowest BCUT2D eigenvalue weighted by Crippen LogP contribution is -2.31. The Hall–Kier alpha value is -1.44. The lowest BCUT2D eigenvalue weighted by atomic mass is 9.93. The van der Waals surface area contributed by atoms with Gasteiger partial charge < -0.3 is 20.5 Å². The van der Waals surface area contributed by atoms with Crippen LogP contribution >= 0.6 is 12.4 Å². The maximum atomic E-state index is 12.1. The van der Waals surface area contributed by atoms with Crippen LogP contribution in [0.5, 0.6) is 5.75 Å². The minimum atomic E-state index is -2.87. The van der Waals surface area contributed by atoms with Crippen LogP contribution in [0, 0.1) is 5.92 Å². The van der Waals surface area contributed by atoms with Crippen LogP contribution in [-0.2, 0) is 4.79 Å². The molecule has 25 heavy (non-hydrogen) atoms. The van der Waals surface area contributed by atoms with Crippen molar-refractivity contribution < 1.29 is 23.4 Å². The van der Waals surface area contributed by atoms with E-state index >= 15 is 0 Å². The summed E-state index contributed by atoms with van der Waals surface area (Å²) >= 11 is 0. The second kappa shape index (κ2) is 11.2. The van der Waals surface area contributed by atoms with Gasteiger partial charge in [0.1, 0.15) is 5.75 Å². The standard InChI is InChI=1S/C17H24F2N2O3.ClH/c18-17(19)24-14-4-2-13(3-5-14)15(22)11-21-16(23)6-1-12-7-9-20-10-8-12;/h2-5,12,15,17,20,22H,1,6-11H2,(H,21,23);1H. The highest BCUT2D eigenvalue weighted by molar-refractivity contribution is 5.85. The number of rotatable bonds is 8. The Labute approximate surface area is 152 Å². The van der Waals surface area contributed by atoms with Crippen LogP contribution in [0.3, 0.4) is 0 Å². The first-order valence-corrected chi connectivity index (χ1v) is 8.25. The molecule has 0 saturated carbocycles. The lowest BCUT2D eigenvalue weighted by Gasteiger charge is -2.22. The van der Waals surface area contributed by atoms with Crippen LogP contribution in [0.2, 0.25) is 0 Å². The van der Waals surface area contributed by atoms with E-state index in [0.29, 0.717) is 17.9 Å². The minimum Gasteiger partial charge on any atom is -0.435 e. The highest BCUT2D eigenvalue weighted by Gasteiger charge is 2.15. The Bertz CT molecular complexity index is 511. The van der Waals surface area contributed by atoms with Gasteiger partial charge in [-0.05, 0) is 56.0 Å². The first-order valence-electron chi connectivity index (χ1n) is 8.25. The maximum absolute atomic E-state index is 12.1. The molecule has 5 nitrogen and oxygen atoms in total. The molecule has 0 radical (unpaired) electrons. The SMILES string of the molecule is Cl.O=C(CCC1CCNCC1)NCC(O)c1ccc(OC(F)F)cc1. The van der Waals surface area contributed by atoms with Gasteiger partial charge in [-0.1, -0.05) is 12.1 Å². The molecular formula is C17H25ClF2N2O3. The van der Waals surface area contributed by atoms with E-state index in [1.54, 1.807) is 0 Å². The summed E-state index contributed by atoms with van der Waals surface area (Å²) < 4.78 is 28.4. The summed E-state index contributed by atoms with van der Waals surface area (Å²) in [4.78, 5) is 11.9. The zero-order valence-electron chi connectivity index (χ0n) is 13.9. The zero-order chi connectivity index (χ0) is 17.4. The number of ether oxygens (including phenoxy) is 1. The summed E-state index contributed by atoms with van der Waals surface area (Å²) in [5.41, 5.74) is 0.537. The van der Waals surface area contributed by atoms with E-state index < -0.39 is 12.7 Å². The summed E-state index contributed by atoms with van der Waals surface area (Å²) in [5.74, 6) is 0.543. The molecular weight excluding hydrogens is 354 g/mol. The maximum Gasteiger partial charge on any atom is 0.387 e. The fraction of sp³-hybridized carbons (Fsp3) is 0.588. The molecule has 0 spiro atoms. The van der Waals surface area contributed by atoms with E-state index in [0.717, 1.165) is 32.4 Å². The number of aliphatic hydroxyl groups is 1. The summed E-state index contributed by atoms with van der Waals surface area (Å²) in [6, 6.07) is 5.74. The van der Waals surface area contributed by atoms with Gasteiger partial charge in [-0.2, -0.15) is 8.78 Å². The summed E-state index contributed by atoms with van der Waals surface area (Å²) in [5, 5.41) is 16.0. The molecule has 142 valence electrons. The van der Waals surface area contributed by atoms with E-state index in [1.165, 1.54) is 24.3 Å². The van der Waals surface area contributed by atoms with Crippen molar-refractivity contribution in [3.8, 4) is 5.75 Å². The van der Waals surface area contributed by atoms with Crippen LogP contribution in [-0.4, -0.2) is 37.3 Å². The molecule has 2 rings (SSSR count). The van der Waals surface area contributed by atoms with Gasteiger partial charge in [0.2, 0.25) is 5.91 Å². The Balaban J connectivity index is 0.00000312. The Kier molecular flexibility index (Phi) is 9.70. The highest BCUT2D eigenvalue weighted by atomic mass is 35.5. The molecule has 1 aliphatic rings. The number of hydrogen-bond acceptors (Lipinski definition) is 4. The predicted octanol–water partition coefficient (Wildman–Crippen LogP) is 2.64. The molecule has 1 aliphatic heterocycles. The van der Waals surface area contributed by atoms with E-state index in [-0.39, 0.29) is 30.6 Å². The Morgan fingerprint density at radius 3 is 2.52 bits per heavy atom. The number of carbonyl (C=O) groups excluding carboxylic acids is 1. The van der Waals surface area contributed by atoms with E-state index in [2.05, 4.69) is 15.4 Å². The number of carbonyl (C=O) groups is 1. The van der Waals surface area contributed by atoms with Crippen LogP contribution in [0.15, 0.2) is 24.3 Å². The fourth-order valence-corrected chi connectivity index (χ4v) is 2.79. The molecule has 1 amide bonds. The molecule has 1 saturated heterocycles. The van der Waals surface area contributed by atoms with Crippen molar-refractivity contribution >= 4 is 18.3 Å². The average molecular weight is 379 g/mol. The van der Waals surface area contributed by atoms with Crippen LogP contribution in [0.25, 0.3) is 0 Å². The third-order valence-corrected chi connectivity index (χ3v) is 4.22. The zero-order valence-corrected chi connectivity index (χ0v) is 14.7. The Morgan fingerprint density at radius 1 is 1.28 bits per heavy atom. The van der Waals surface area contributed by atoms with Crippen molar-refractivity contribution in [2.45, 2.75) is 38.4 Å². The van der Waals surface area contributed by atoms with Crippen molar-refractivity contribution in [1.29, 1.82) is 0 Å². The van der Waals surface area contributed by atoms with Gasteiger partial charge in [-0.3, -0.25) is 4.79 Å². The molecule has 1 heterocycles. The molecule has 1 fully saturated rings. The summed E-state index contributed by atoms with van der Waals surface area (Å²) in [6.45, 7) is -0.757. The van der Waals surface area contributed by atoms with Crippen molar-refractivity contribution in [1.82, 2.24) is 10.6 Å². The van der Waals surface area contributed by atoms with Gasteiger partial charge in [0, 0.05) is 13.0 Å². The minimum absolute atomic E-state index is 0. The number of aliphatic hydroxyl groups excluding tert-OH is 1. The van der Waals surface area contributed by atoms with Crippen molar-refractivity contribution in [3.63, 3.8) is 0 Å². The smallest absolute Gasteiger partial charge is 0.387 e.